The Morgan fingerprint density at radius 2 is 2.00 bits per heavy atom. The van der Waals surface area contributed by atoms with E-state index in [0.717, 1.165) is 12.1 Å². The summed E-state index contributed by atoms with van der Waals surface area (Å²) >= 11 is 0. The van der Waals surface area contributed by atoms with Gasteiger partial charge in [0.1, 0.15) is 5.52 Å². The second-order valence-corrected chi connectivity index (χ2v) is 3.30. The number of nitrogens with zero attached hydrogens (tertiary/aromatic N) is 1. The summed E-state index contributed by atoms with van der Waals surface area (Å²) in [7, 11) is 0. The van der Waals surface area contributed by atoms with Gasteiger partial charge in [-0.3, -0.25) is 19.7 Å². The number of aromatic nitrogens is 1. The van der Waals surface area contributed by atoms with Gasteiger partial charge in [-0.2, -0.15) is 0 Å². The molecule has 0 amide bonds. The first-order valence-electron chi connectivity index (χ1n) is 4.54. The molecular formula is C10H6N2O5. The number of fused-ring (bicyclic) bond motifs is 1. The summed E-state index contributed by atoms with van der Waals surface area (Å²) in [5.41, 5.74) is -2.22. The van der Waals surface area contributed by atoms with Crippen molar-refractivity contribution in [1.82, 2.24) is 4.98 Å². The highest BCUT2D eigenvalue weighted by atomic mass is 16.6. The average Bonchev–Trinajstić information content (AvgIpc) is 2.37. The molecule has 0 unspecified atom stereocenters. The molecule has 2 aromatic rings. The van der Waals surface area contributed by atoms with Gasteiger partial charge in [-0.25, -0.2) is 0 Å². The molecule has 1 heterocycles. The van der Waals surface area contributed by atoms with Crippen molar-refractivity contribution >= 4 is 16.6 Å². The number of non-ortho nitro benzene ring substituents is 1. The fraction of sp³-hybridized carbons (Fsp3) is 0. The normalized spacial score (nSPS) is 10.4. The molecule has 0 bridgehead atoms. The van der Waals surface area contributed by atoms with Crippen LogP contribution in [-0.4, -0.2) is 15.0 Å². The van der Waals surface area contributed by atoms with Gasteiger partial charge in [-0.05, 0) is 6.07 Å². The Kier molecular flexibility index (Phi) is 2.36. The van der Waals surface area contributed by atoms with Crippen molar-refractivity contribution in [2.24, 2.45) is 0 Å². The number of rotatable bonds is 1. The Morgan fingerprint density at radius 3 is 2.65 bits per heavy atom. The highest BCUT2D eigenvalue weighted by molar-refractivity contribution is 5.86. The van der Waals surface area contributed by atoms with Gasteiger partial charge in [0.25, 0.3) is 11.2 Å². The van der Waals surface area contributed by atoms with E-state index in [1.807, 2.05) is 0 Å². The van der Waals surface area contributed by atoms with Crippen LogP contribution in [0.5, 0.6) is 5.75 Å². The first kappa shape index (κ1) is 10.8. The van der Waals surface area contributed by atoms with E-state index in [1.54, 1.807) is 0 Å². The van der Waals surface area contributed by atoms with Gasteiger partial charge in [0.05, 0.1) is 10.3 Å². The van der Waals surface area contributed by atoms with E-state index < -0.39 is 27.3 Å². The van der Waals surface area contributed by atoms with Crippen LogP contribution in [-0.2, 0) is 0 Å². The summed E-state index contributed by atoms with van der Waals surface area (Å²) in [6.07, 6.45) is 0. The number of benzene rings is 1. The predicted octanol–water partition coefficient (Wildman–Crippen LogP) is 0.502. The van der Waals surface area contributed by atoms with Gasteiger partial charge in [0.2, 0.25) is 0 Å². The number of aromatic amines is 1. The van der Waals surface area contributed by atoms with Crippen LogP contribution in [0.3, 0.4) is 0 Å². The summed E-state index contributed by atoms with van der Waals surface area (Å²) in [5, 5.41) is 19.9. The topological polar surface area (TPSA) is 113 Å². The molecule has 7 nitrogen and oxygen atoms in total. The highest BCUT2D eigenvalue weighted by Gasteiger charge is 2.13. The third-order valence-electron chi connectivity index (χ3n) is 2.24. The fourth-order valence-corrected chi connectivity index (χ4v) is 1.47. The van der Waals surface area contributed by atoms with Crippen LogP contribution in [0, 0.1) is 10.1 Å². The average molecular weight is 234 g/mol. The van der Waals surface area contributed by atoms with Crippen molar-refractivity contribution in [1.29, 1.82) is 0 Å². The van der Waals surface area contributed by atoms with Crippen LogP contribution in [0.4, 0.5) is 5.69 Å². The van der Waals surface area contributed by atoms with E-state index in [4.69, 9.17) is 0 Å². The van der Waals surface area contributed by atoms with E-state index in [9.17, 15) is 24.8 Å². The third-order valence-corrected chi connectivity index (χ3v) is 2.24. The van der Waals surface area contributed by atoms with Crippen LogP contribution < -0.4 is 11.0 Å². The standard InChI is InChI=1S/C10H6N2O5/c13-7-4-8(14)10(15)11-9-5(7)2-1-3-6(9)12(16)17/h1-4,14H,(H,11,15). The molecule has 0 aliphatic heterocycles. The zero-order chi connectivity index (χ0) is 12.6. The maximum absolute atomic E-state index is 11.6. The lowest BCUT2D eigenvalue weighted by Gasteiger charge is -1.93. The summed E-state index contributed by atoms with van der Waals surface area (Å²) < 4.78 is 0. The lowest BCUT2D eigenvalue weighted by atomic mass is 10.2. The highest BCUT2D eigenvalue weighted by Crippen LogP contribution is 2.19. The summed E-state index contributed by atoms with van der Waals surface area (Å²) in [5.74, 6) is -0.777. The quantitative estimate of drug-likeness (QED) is 0.551. The van der Waals surface area contributed by atoms with Crippen LogP contribution in [0.25, 0.3) is 10.9 Å². The van der Waals surface area contributed by atoms with Crippen LogP contribution in [0.2, 0.25) is 0 Å². The number of hydrogen-bond acceptors (Lipinski definition) is 5. The third kappa shape index (κ3) is 1.73. The van der Waals surface area contributed by atoms with Gasteiger partial charge in [-0.15, -0.1) is 0 Å². The monoisotopic (exact) mass is 234 g/mol. The molecule has 0 atom stereocenters. The summed E-state index contributed by atoms with van der Waals surface area (Å²) in [4.78, 5) is 35.0. The zero-order valence-corrected chi connectivity index (χ0v) is 8.34. The molecule has 7 heteroatoms. The number of para-hydroxylation sites is 1. The van der Waals surface area contributed by atoms with E-state index in [1.165, 1.54) is 12.1 Å². The molecule has 0 aliphatic carbocycles. The molecule has 1 aromatic heterocycles. The summed E-state index contributed by atoms with van der Waals surface area (Å²) in [6.45, 7) is 0. The molecular weight excluding hydrogens is 228 g/mol. The van der Waals surface area contributed by atoms with Gasteiger partial charge in [0, 0.05) is 12.1 Å². The Hall–Kier alpha value is -2.70. The molecule has 0 spiro atoms. The number of hydrogen-bond donors (Lipinski definition) is 2. The molecule has 0 aliphatic rings. The Balaban J connectivity index is 3.13. The van der Waals surface area contributed by atoms with Crippen molar-refractivity contribution in [2.75, 3.05) is 0 Å². The number of H-pyrrole nitrogens is 1. The molecule has 86 valence electrons. The maximum atomic E-state index is 11.6. The van der Waals surface area contributed by atoms with Crippen molar-refractivity contribution in [3.8, 4) is 5.75 Å². The van der Waals surface area contributed by atoms with E-state index >= 15 is 0 Å². The fourth-order valence-electron chi connectivity index (χ4n) is 1.47. The predicted molar refractivity (Wildman–Crippen MR) is 59.2 cm³/mol. The van der Waals surface area contributed by atoms with Crippen LogP contribution in [0.1, 0.15) is 0 Å². The molecule has 0 saturated carbocycles. The number of nitrogens with one attached hydrogen (secondary N) is 1. The van der Waals surface area contributed by atoms with Gasteiger partial charge >= 0.3 is 0 Å². The number of nitro benzene ring substituents is 1. The van der Waals surface area contributed by atoms with E-state index in [2.05, 4.69) is 4.98 Å². The van der Waals surface area contributed by atoms with Gasteiger partial charge in [-0.1, -0.05) is 6.07 Å². The lowest BCUT2D eigenvalue weighted by molar-refractivity contribution is -0.383. The number of nitro groups is 1. The molecule has 0 radical (unpaired) electrons. The first-order valence-corrected chi connectivity index (χ1v) is 4.54. The van der Waals surface area contributed by atoms with Crippen LogP contribution in [0.15, 0.2) is 33.9 Å². The zero-order valence-electron chi connectivity index (χ0n) is 8.34. The largest absolute Gasteiger partial charge is 0.503 e. The second kappa shape index (κ2) is 3.71. The first-order chi connectivity index (χ1) is 8.00. The molecule has 1 aromatic carbocycles. The van der Waals surface area contributed by atoms with Crippen LogP contribution >= 0.6 is 0 Å². The maximum Gasteiger partial charge on any atom is 0.293 e. The number of aromatic hydroxyl groups is 1. The Morgan fingerprint density at radius 1 is 1.29 bits per heavy atom. The minimum atomic E-state index is -0.952. The Bertz CT molecular complexity index is 735. The van der Waals surface area contributed by atoms with Gasteiger partial charge < -0.3 is 10.1 Å². The van der Waals surface area contributed by atoms with Crippen molar-refractivity contribution < 1.29 is 10.0 Å². The molecule has 0 saturated heterocycles. The molecule has 0 fully saturated rings. The SMILES string of the molecule is O=c1[nH]c2c([N+](=O)[O-])cccc2c(=O)cc1O. The molecule has 17 heavy (non-hydrogen) atoms. The summed E-state index contributed by atoms with van der Waals surface area (Å²) in [6, 6.07) is 4.55. The smallest absolute Gasteiger partial charge is 0.293 e. The second-order valence-electron chi connectivity index (χ2n) is 3.30. The lowest BCUT2D eigenvalue weighted by Crippen LogP contribution is -2.01. The van der Waals surface area contributed by atoms with E-state index in [-0.39, 0.29) is 10.9 Å². The van der Waals surface area contributed by atoms with Crippen molar-refractivity contribution in [3.63, 3.8) is 0 Å². The minimum Gasteiger partial charge on any atom is -0.503 e. The van der Waals surface area contributed by atoms with Crippen molar-refractivity contribution in [3.05, 3.63) is 55.0 Å². The van der Waals surface area contributed by atoms with E-state index in [0.29, 0.717) is 0 Å². The molecule has 2 rings (SSSR count). The Labute approximate surface area is 93.1 Å². The minimum absolute atomic E-state index is 0.0309. The molecule has 2 N–H and O–H groups in total. The van der Waals surface area contributed by atoms with Crippen molar-refractivity contribution in [2.45, 2.75) is 0 Å². The van der Waals surface area contributed by atoms with Gasteiger partial charge in [0.15, 0.2) is 11.2 Å².